The predicted molar refractivity (Wildman–Crippen MR) is 66.8 cm³/mol. The lowest BCUT2D eigenvalue weighted by molar-refractivity contribution is 0.0639. The number of carbonyl (C=O) groups excluding carboxylic acids is 1. The van der Waals surface area contributed by atoms with Crippen molar-refractivity contribution in [2.24, 2.45) is 0 Å². The first-order chi connectivity index (χ1) is 8.81. The first-order valence-corrected chi connectivity index (χ1v) is 6.10. The maximum atomic E-state index is 12.1. The van der Waals surface area contributed by atoms with E-state index < -0.39 is 0 Å². The number of amides is 1. The molecule has 1 saturated heterocycles. The second kappa shape index (κ2) is 6.12. The number of hydrogen-bond donors (Lipinski definition) is 0. The van der Waals surface area contributed by atoms with E-state index in [0.717, 1.165) is 32.7 Å². The van der Waals surface area contributed by atoms with Crippen LogP contribution in [0.3, 0.4) is 0 Å². The number of carbonyl (C=O) groups is 1. The summed E-state index contributed by atoms with van der Waals surface area (Å²) in [5.41, 5.74) is 0.690. The maximum Gasteiger partial charge on any atom is 0.254 e. The van der Waals surface area contributed by atoms with Gasteiger partial charge in [-0.15, -0.1) is 0 Å². The zero-order chi connectivity index (χ0) is 12.8. The van der Waals surface area contributed by atoms with E-state index in [-0.39, 0.29) is 5.91 Å². The molecule has 0 saturated carbocycles. The van der Waals surface area contributed by atoms with Gasteiger partial charge in [-0.2, -0.15) is 5.26 Å². The summed E-state index contributed by atoms with van der Waals surface area (Å²) in [6.45, 7) is 3.95. The van der Waals surface area contributed by atoms with Crippen LogP contribution in [0, 0.1) is 11.3 Å². The lowest BCUT2D eigenvalue weighted by Gasteiger charge is -2.34. The molecule has 0 bridgehead atoms. The number of pyridine rings is 1. The maximum absolute atomic E-state index is 12.1. The third-order valence-electron chi connectivity index (χ3n) is 3.13. The molecule has 0 atom stereocenters. The minimum atomic E-state index is 0.0670. The Morgan fingerprint density at radius 3 is 2.56 bits per heavy atom. The van der Waals surface area contributed by atoms with Crippen LogP contribution in [0.25, 0.3) is 0 Å². The van der Waals surface area contributed by atoms with Crippen LogP contribution in [0.1, 0.15) is 16.8 Å². The van der Waals surface area contributed by atoms with Gasteiger partial charge >= 0.3 is 0 Å². The van der Waals surface area contributed by atoms with Crippen molar-refractivity contribution in [3.63, 3.8) is 0 Å². The first kappa shape index (κ1) is 12.5. The zero-order valence-corrected chi connectivity index (χ0v) is 10.2. The molecule has 2 rings (SSSR count). The van der Waals surface area contributed by atoms with Gasteiger partial charge in [0.15, 0.2) is 0 Å². The van der Waals surface area contributed by atoms with Crippen molar-refractivity contribution in [1.82, 2.24) is 14.8 Å². The molecular formula is C13H16N4O. The quantitative estimate of drug-likeness (QED) is 0.787. The Morgan fingerprint density at radius 1 is 1.28 bits per heavy atom. The normalized spacial score (nSPS) is 16.3. The Bertz CT molecular complexity index is 432. The lowest BCUT2D eigenvalue weighted by atomic mass is 10.2. The van der Waals surface area contributed by atoms with Gasteiger partial charge in [0.25, 0.3) is 5.91 Å². The van der Waals surface area contributed by atoms with Crippen LogP contribution in [-0.2, 0) is 0 Å². The van der Waals surface area contributed by atoms with Crippen molar-refractivity contribution in [2.45, 2.75) is 6.42 Å². The number of piperazine rings is 1. The first-order valence-electron chi connectivity index (χ1n) is 6.10. The number of nitriles is 1. The molecule has 94 valence electrons. The Hall–Kier alpha value is -1.93. The van der Waals surface area contributed by atoms with Crippen LogP contribution in [0.15, 0.2) is 24.5 Å². The third kappa shape index (κ3) is 3.05. The van der Waals surface area contributed by atoms with Crippen molar-refractivity contribution in [1.29, 1.82) is 5.26 Å². The summed E-state index contributed by atoms with van der Waals surface area (Å²) in [6, 6.07) is 5.63. The molecular weight excluding hydrogens is 228 g/mol. The monoisotopic (exact) mass is 244 g/mol. The van der Waals surface area contributed by atoms with Crippen molar-refractivity contribution in [2.75, 3.05) is 32.7 Å². The summed E-state index contributed by atoms with van der Waals surface area (Å²) in [7, 11) is 0. The van der Waals surface area contributed by atoms with Gasteiger partial charge in [-0.05, 0) is 12.1 Å². The second-order valence-corrected chi connectivity index (χ2v) is 4.28. The van der Waals surface area contributed by atoms with Gasteiger partial charge in [-0.25, -0.2) is 0 Å². The molecule has 1 aromatic rings. The Morgan fingerprint density at radius 2 is 1.94 bits per heavy atom. The number of aromatic nitrogens is 1. The topological polar surface area (TPSA) is 60.2 Å². The molecule has 0 aromatic carbocycles. The largest absolute Gasteiger partial charge is 0.336 e. The molecule has 0 N–H and O–H groups in total. The minimum absolute atomic E-state index is 0.0670. The Balaban J connectivity index is 1.87. The summed E-state index contributed by atoms with van der Waals surface area (Å²) in [6.07, 6.45) is 3.82. The molecule has 0 radical (unpaired) electrons. The summed E-state index contributed by atoms with van der Waals surface area (Å²) in [5, 5.41) is 8.54. The van der Waals surface area contributed by atoms with Gasteiger partial charge in [0.05, 0.1) is 6.07 Å². The van der Waals surface area contributed by atoms with Crippen LogP contribution < -0.4 is 0 Å². The van der Waals surface area contributed by atoms with E-state index in [1.165, 1.54) is 0 Å². The average molecular weight is 244 g/mol. The smallest absolute Gasteiger partial charge is 0.254 e. The average Bonchev–Trinajstić information content (AvgIpc) is 2.46. The summed E-state index contributed by atoms with van der Waals surface area (Å²) in [5.74, 6) is 0.0670. The molecule has 0 aliphatic carbocycles. The fraction of sp³-hybridized carbons (Fsp3) is 0.462. The van der Waals surface area contributed by atoms with E-state index in [4.69, 9.17) is 5.26 Å². The number of rotatable bonds is 3. The minimum Gasteiger partial charge on any atom is -0.336 e. The van der Waals surface area contributed by atoms with Gasteiger partial charge < -0.3 is 4.90 Å². The molecule has 2 heterocycles. The highest BCUT2D eigenvalue weighted by molar-refractivity contribution is 5.94. The van der Waals surface area contributed by atoms with Crippen molar-refractivity contribution in [3.05, 3.63) is 30.1 Å². The molecule has 1 amide bonds. The fourth-order valence-corrected chi connectivity index (χ4v) is 2.06. The van der Waals surface area contributed by atoms with Crippen LogP contribution >= 0.6 is 0 Å². The zero-order valence-electron chi connectivity index (χ0n) is 10.2. The van der Waals surface area contributed by atoms with Gasteiger partial charge in [0, 0.05) is 57.1 Å². The van der Waals surface area contributed by atoms with E-state index in [1.807, 2.05) is 4.90 Å². The fourth-order valence-electron chi connectivity index (χ4n) is 2.06. The highest BCUT2D eigenvalue weighted by atomic mass is 16.2. The standard InChI is InChI=1S/C13H16N4O/c14-4-1-7-16-8-10-17(11-9-16)13(18)12-2-5-15-6-3-12/h2-3,5-6H,1,7-11H2. The van der Waals surface area contributed by atoms with E-state index >= 15 is 0 Å². The molecule has 18 heavy (non-hydrogen) atoms. The van der Waals surface area contributed by atoms with Gasteiger partial charge in [-0.1, -0.05) is 0 Å². The Kier molecular flexibility index (Phi) is 4.26. The second-order valence-electron chi connectivity index (χ2n) is 4.28. The van der Waals surface area contributed by atoms with Crippen LogP contribution in [-0.4, -0.2) is 53.4 Å². The van der Waals surface area contributed by atoms with Crippen molar-refractivity contribution in [3.8, 4) is 6.07 Å². The molecule has 1 aromatic heterocycles. The van der Waals surface area contributed by atoms with Crippen LogP contribution in [0.4, 0.5) is 0 Å². The summed E-state index contributed by atoms with van der Waals surface area (Å²) < 4.78 is 0. The van der Waals surface area contributed by atoms with Crippen LogP contribution in [0.5, 0.6) is 0 Å². The van der Waals surface area contributed by atoms with Crippen molar-refractivity contribution >= 4 is 5.91 Å². The Labute approximate surface area is 107 Å². The van der Waals surface area contributed by atoms with Gasteiger partial charge in [0.2, 0.25) is 0 Å². The number of hydrogen-bond acceptors (Lipinski definition) is 4. The molecule has 1 aliphatic heterocycles. The highest BCUT2D eigenvalue weighted by Gasteiger charge is 2.21. The van der Waals surface area contributed by atoms with Crippen LogP contribution in [0.2, 0.25) is 0 Å². The third-order valence-corrected chi connectivity index (χ3v) is 3.13. The summed E-state index contributed by atoms with van der Waals surface area (Å²) >= 11 is 0. The number of nitrogens with zero attached hydrogens (tertiary/aromatic N) is 4. The predicted octanol–water partition coefficient (Wildman–Crippen LogP) is 0.753. The van der Waals surface area contributed by atoms with Crippen molar-refractivity contribution < 1.29 is 4.79 Å². The van der Waals surface area contributed by atoms with Gasteiger partial charge in [-0.3, -0.25) is 14.7 Å². The van der Waals surface area contributed by atoms with E-state index in [1.54, 1.807) is 24.5 Å². The molecule has 5 heteroatoms. The summed E-state index contributed by atoms with van der Waals surface area (Å²) in [4.78, 5) is 20.1. The van der Waals surface area contributed by atoms with E-state index in [9.17, 15) is 4.79 Å². The van der Waals surface area contributed by atoms with E-state index in [0.29, 0.717) is 12.0 Å². The van der Waals surface area contributed by atoms with E-state index in [2.05, 4.69) is 16.0 Å². The molecule has 0 unspecified atom stereocenters. The molecule has 5 nitrogen and oxygen atoms in total. The SMILES string of the molecule is N#CCCN1CCN(C(=O)c2ccncc2)CC1. The molecule has 0 spiro atoms. The molecule has 1 fully saturated rings. The lowest BCUT2D eigenvalue weighted by Crippen LogP contribution is -2.48. The highest BCUT2D eigenvalue weighted by Crippen LogP contribution is 2.08. The molecule has 1 aliphatic rings. The van der Waals surface area contributed by atoms with Gasteiger partial charge in [0.1, 0.15) is 0 Å².